The van der Waals surface area contributed by atoms with Gasteiger partial charge < -0.3 is 15.2 Å². The first-order valence-electron chi connectivity index (χ1n) is 8.74. The van der Waals surface area contributed by atoms with Gasteiger partial charge in [-0.1, -0.05) is 11.3 Å². The average Bonchev–Trinajstić information content (AvgIpc) is 3.26. The van der Waals surface area contributed by atoms with Crippen molar-refractivity contribution in [3.63, 3.8) is 0 Å². The van der Waals surface area contributed by atoms with Crippen LogP contribution in [0.3, 0.4) is 0 Å². The third-order valence-corrected chi connectivity index (χ3v) is 6.24. The van der Waals surface area contributed by atoms with Crippen molar-refractivity contribution in [2.24, 2.45) is 0 Å². The van der Waals surface area contributed by atoms with E-state index in [0.29, 0.717) is 21.2 Å². The summed E-state index contributed by atoms with van der Waals surface area (Å²) in [5, 5.41) is 13.5. The summed E-state index contributed by atoms with van der Waals surface area (Å²) in [7, 11) is 1.50. The molecule has 0 aliphatic carbocycles. The molecule has 0 saturated carbocycles. The van der Waals surface area contributed by atoms with Crippen LogP contribution in [0.4, 0.5) is 5.13 Å². The van der Waals surface area contributed by atoms with E-state index in [1.54, 1.807) is 6.92 Å². The lowest BCUT2D eigenvalue weighted by Crippen LogP contribution is -2.32. The fourth-order valence-corrected chi connectivity index (χ4v) is 4.65. The van der Waals surface area contributed by atoms with Crippen LogP contribution in [0.25, 0.3) is 10.2 Å². The minimum atomic E-state index is -1.24. The summed E-state index contributed by atoms with van der Waals surface area (Å²) >= 11 is 2.10. The molecule has 0 aliphatic heterocycles. The van der Waals surface area contributed by atoms with E-state index in [4.69, 9.17) is 4.74 Å². The standard InChI is InChI=1S/C18H18N4O6S2/c1-8-14(9(2)23)30-18(19-8)21-12(24)6-22-11(4-5-28-3)20-15-13(16(22)25)10(7-29-15)17(26)27/h7H,4-6H2,1-3H3,(H,26,27)(H,19,21,24). The number of anilines is 1. The van der Waals surface area contributed by atoms with Crippen molar-refractivity contribution in [1.29, 1.82) is 0 Å². The molecule has 0 saturated heterocycles. The maximum Gasteiger partial charge on any atom is 0.337 e. The molecule has 30 heavy (non-hydrogen) atoms. The molecule has 0 radical (unpaired) electrons. The molecule has 158 valence electrons. The zero-order chi connectivity index (χ0) is 22.0. The van der Waals surface area contributed by atoms with Crippen molar-refractivity contribution < 1.29 is 24.2 Å². The topological polar surface area (TPSA) is 140 Å². The molecule has 0 aliphatic rings. The number of amides is 1. The van der Waals surface area contributed by atoms with E-state index in [1.165, 1.54) is 19.4 Å². The molecule has 2 N–H and O–H groups in total. The number of ketones is 1. The monoisotopic (exact) mass is 450 g/mol. The number of carboxylic acids is 1. The number of aromatic nitrogens is 3. The second-order valence-corrected chi connectivity index (χ2v) is 8.19. The van der Waals surface area contributed by atoms with Gasteiger partial charge in [0.15, 0.2) is 10.9 Å². The van der Waals surface area contributed by atoms with Gasteiger partial charge in [0, 0.05) is 25.8 Å². The summed E-state index contributed by atoms with van der Waals surface area (Å²) in [5.41, 5.74) is -0.255. The summed E-state index contributed by atoms with van der Waals surface area (Å²) in [6, 6.07) is 0. The molecule has 0 aromatic carbocycles. The molecular formula is C18H18N4O6S2. The first kappa shape index (κ1) is 21.7. The number of carboxylic acid groups (broad SMARTS) is 1. The van der Waals surface area contributed by atoms with Crippen LogP contribution in [0.2, 0.25) is 0 Å². The summed E-state index contributed by atoms with van der Waals surface area (Å²) in [5.74, 6) is -1.64. The predicted molar refractivity (Wildman–Crippen MR) is 112 cm³/mol. The highest BCUT2D eigenvalue weighted by Gasteiger charge is 2.21. The molecule has 3 rings (SSSR count). The lowest BCUT2D eigenvalue weighted by Gasteiger charge is -2.12. The lowest BCUT2D eigenvalue weighted by atomic mass is 10.2. The Morgan fingerprint density at radius 2 is 2.03 bits per heavy atom. The van der Waals surface area contributed by atoms with E-state index in [-0.39, 0.29) is 41.4 Å². The van der Waals surface area contributed by atoms with Crippen LogP contribution in [0.5, 0.6) is 0 Å². The third-order valence-electron chi connectivity index (χ3n) is 4.20. The summed E-state index contributed by atoms with van der Waals surface area (Å²) < 4.78 is 6.19. The minimum absolute atomic E-state index is 0.0366. The number of carbonyl (C=O) groups excluding carboxylic acids is 2. The number of ether oxygens (including phenoxy) is 1. The molecule has 0 bridgehead atoms. The zero-order valence-corrected chi connectivity index (χ0v) is 18.0. The van der Waals surface area contributed by atoms with Gasteiger partial charge in [0.25, 0.3) is 5.56 Å². The number of Topliss-reactive ketones (excluding diaryl/α,β-unsaturated/α-hetero) is 1. The Hall–Kier alpha value is -2.96. The van der Waals surface area contributed by atoms with Crippen LogP contribution in [-0.2, 0) is 22.5 Å². The first-order valence-corrected chi connectivity index (χ1v) is 10.4. The van der Waals surface area contributed by atoms with E-state index < -0.39 is 17.4 Å². The SMILES string of the molecule is COCCc1nc2scc(C(=O)O)c2c(=O)n1CC(=O)Nc1nc(C)c(C(C)=O)s1. The number of hydrogen-bond acceptors (Lipinski definition) is 9. The van der Waals surface area contributed by atoms with Gasteiger partial charge in [0.05, 0.1) is 28.1 Å². The molecule has 3 aromatic heterocycles. The lowest BCUT2D eigenvalue weighted by molar-refractivity contribution is -0.116. The van der Waals surface area contributed by atoms with E-state index in [2.05, 4.69) is 15.3 Å². The Labute approximate surface area is 178 Å². The van der Waals surface area contributed by atoms with Gasteiger partial charge in [-0.2, -0.15) is 0 Å². The molecule has 0 fully saturated rings. The Morgan fingerprint density at radius 3 is 2.63 bits per heavy atom. The van der Waals surface area contributed by atoms with Crippen molar-refractivity contribution in [1.82, 2.24) is 14.5 Å². The van der Waals surface area contributed by atoms with Crippen LogP contribution in [0.1, 0.15) is 38.5 Å². The molecule has 3 heterocycles. The number of methoxy groups -OCH3 is 1. The van der Waals surface area contributed by atoms with Gasteiger partial charge in [-0.05, 0) is 6.92 Å². The largest absolute Gasteiger partial charge is 0.478 e. The zero-order valence-electron chi connectivity index (χ0n) is 16.3. The second kappa shape index (κ2) is 8.81. The maximum atomic E-state index is 13.0. The molecule has 0 spiro atoms. The predicted octanol–water partition coefficient (Wildman–Crippen LogP) is 1.95. The van der Waals surface area contributed by atoms with Gasteiger partial charge >= 0.3 is 5.97 Å². The number of thiophene rings is 1. The highest BCUT2D eigenvalue weighted by molar-refractivity contribution is 7.18. The van der Waals surface area contributed by atoms with Crippen molar-refractivity contribution in [3.8, 4) is 0 Å². The van der Waals surface area contributed by atoms with E-state index in [9.17, 15) is 24.3 Å². The summed E-state index contributed by atoms with van der Waals surface area (Å²) in [6.07, 6.45) is 0.264. The quantitative estimate of drug-likeness (QED) is 0.496. The molecule has 3 aromatic rings. The van der Waals surface area contributed by atoms with Crippen LogP contribution < -0.4 is 10.9 Å². The van der Waals surface area contributed by atoms with E-state index in [1.807, 2.05) is 0 Å². The number of nitrogens with one attached hydrogen (secondary N) is 1. The number of fused-ring (bicyclic) bond motifs is 1. The van der Waals surface area contributed by atoms with Gasteiger partial charge in [-0.15, -0.1) is 11.3 Å². The Kier molecular flexibility index (Phi) is 6.39. The Morgan fingerprint density at radius 1 is 1.30 bits per heavy atom. The highest BCUT2D eigenvalue weighted by Crippen LogP contribution is 2.24. The van der Waals surface area contributed by atoms with Crippen LogP contribution in [-0.4, -0.2) is 51.0 Å². The van der Waals surface area contributed by atoms with Gasteiger partial charge in [-0.3, -0.25) is 19.0 Å². The number of carbonyl (C=O) groups is 3. The molecular weight excluding hydrogens is 432 g/mol. The highest BCUT2D eigenvalue weighted by atomic mass is 32.1. The Bertz CT molecular complexity index is 1210. The van der Waals surface area contributed by atoms with Crippen LogP contribution >= 0.6 is 22.7 Å². The van der Waals surface area contributed by atoms with Crippen molar-refractivity contribution in [3.05, 3.63) is 37.7 Å². The van der Waals surface area contributed by atoms with Gasteiger partial charge in [0.2, 0.25) is 5.91 Å². The number of hydrogen-bond donors (Lipinski definition) is 2. The smallest absolute Gasteiger partial charge is 0.337 e. The fraction of sp³-hybridized carbons (Fsp3) is 0.333. The first-order chi connectivity index (χ1) is 14.2. The van der Waals surface area contributed by atoms with Crippen LogP contribution in [0, 0.1) is 6.92 Å². The summed E-state index contributed by atoms with van der Waals surface area (Å²) in [4.78, 5) is 57.9. The van der Waals surface area contributed by atoms with Gasteiger partial charge in [0.1, 0.15) is 17.2 Å². The molecule has 0 unspecified atom stereocenters. The molecule has 12 heteroatoms. The summed E-state index contributed by atoms with van der Waals surface area (Å²) in [6.45, 7) is 2.96. The number of thiazole rings is 1. The number of nitrogens with zero attached hydrogens (tertiary/aromatic N) is 3. The second-order valence-electron chi connectivity index (χ2n) is 6.33. The third kappa shape index (κ3) is 4.30. The number of rotatable bonds is 8. The maximum absolute atomic E-state index is 13.0. The van der Waals surface area contributed by atoms with Gasteiger partial charge in [-0.25, -0.2) is 14.8 Å². The normalized spacial score (nSPS) is 11.0. The molecule has 1 amide bonds. The number of aryl methyl sites for hydroxylation is 1. The minimum Gasteiger partial charge on any atom is -0.478 e. The molecule has 10 nitrogen and oxygen atoms in total. The average molecular weight is 450 g/mol. The Balaban J connectivity index is 1.97. The fourth-order valence-electron chi connectivity index (χ4n) is 2.85. The number of aromatic carboxylic acids is 1. The van der Waals surface area contributed by atoms with E-state index >= 15 is 0 Å². The van der Waals surface area contributed by atoms with Crippen molar-refractivity contribution in [2.45, 2.75) is 26.8 Å². The van der Waals surface area contributed by atoms with Crippen LogP contribution in [0.15, 0.2) is 10.2 Å². The van der Waals surface area contributed by atoms with E-state index in [0.717, 1.165) is 27.2 Å². The van der Waals surface area contributed by atoms with Crippen molar-refractivity contribution in [2.75, 3.05) is 19.0 Å². The molecule has 0 atom stereocenters. The van der Waals surface area contributed by atoms with Crippen molar-refractivity contribution >= 4 is 55.7 Å².